The Labute approximate surface area is 99.2 Å². The Morgan fingerprint density at radius 3 is 2.22 bits per heavy atom. The highest BCUT2D eigenvalue weighted by Gasteiger charge is 2.34. The number of rotatable bonds is 3. The molecule has 0 unspecified atom stereocenters. The second-order valence-electron chi connectivity index (χ2n) is 3.77. The van der Waals surface area contributed by atoms with Gasteiger partial charge in [0.05, 0.1) is 6.20 Å². The molecule has 0 saturated carbocycles. The molecule has 1 aromatic heterocycles. The fourth-order valence-corrected chi connectivity index (χ4v) is 1.44. The van der Waals surface area contributed by atoms with Gasteiger partial charge in [0.2, 0.25) is 0 Å². The van der Waals surface area contributed by atoms with Crippen molar-refractivity contribution in [1.29, 1.82) is 0 Å². The first-order valence-corrected chi connectivity index (χ1v) is 4.89. The largest absolute Gasteiger partial charge is 0.573 e. The van der Waals surface area contributed by atoms with Gasteiger partial charge >= 0.3 is 6.36 Å². The Morgan fingerprint density at radius 2 is 1.83 bits per heavy atom. The molecule has 0 amide bonds. The molecule has 1 heterocycles. The predicted molar refractivity (Wildman–Crippen MR) is 51.6 cm³/mol. The molecule has 0 radical (unpaired) electrons. The molecule has 0 aliphatic heterocycles. The van der Waals surface area contributed by atoms with Gasteiger partial charge in [0.15, 0.2) is 5.75 Å². The normalized spacial score (nSPS) is 12.3. The van der Waals surface area contributed by atoms with E-state index in [0.717, 1.165) is 0 Å². The minimum Gasteiger partial charge on any atom is -0.505 e. The van der Waals surface area contributed by atoms with Crippen LogP contribution in [-0.4, -0.2) is 16.5 Å². The molecule has 102 valence electrons. The lowest BCUT2D eigenvalue weighted by Gasteiger charge is -2.17. The molecule has 0 atom stereocenters. The Morgan fingerprint density at radius 1 is 1.28 bits per heavy atom. The molecule has 0 spiro atoms. The van der Waals surface area contributed by atoms with Gasteiger partial charge < -0.3 is 9.84 Å². The van der Waals surface area contributed by atoms with Gasteiger partial charge in [-0.25, -0.2) is 13.8 Å². The first-order chi connectivity index (χ1) is 8.13. The summed E-state index contributed by atoms with van der Waals surface area (Å²) in [6, 6.07) is 0. The van der Waals surface area contributed by atoms with Crippen molar-refractivity contribution in [3.05, 3.63) is 17.5 Å². The average Bonchev–Trinajstić information content (AvgIpc) is 2.13. The molecule has 0 aliphatic carbocycles. The van der Waals surface area contributed by atoms with Gasteiger partial charge in [-0.1, -0.05) is 13.8 Å². The van der Waals surface area contributed by atoms with Crippen molar-refractivity contribution in [1.82, 2.24) is 4.98 Å². The van der Waals surface area contributed by atoms with E-state index >= 15 is 0 Å². The second kappa shape index (κ2) is 4.95. The van der Waals surface area contributed by atoms with Crippen LogP contribution in [0.25, 0.3) is 0 Å². The summed E-state index contributed by atoms with van der Waals surface area (Å²) in [6.45, 7) is 2.88. The monoisotopic (exact) mass is 271 g/mol. The Balaban J connectivity index is 3.32. The van der Waals surface area contributed by atoms with Crippen molar-refractivity contribution in [3.8, 4) is 11.5 Å². The first-order valence-electron chi connectivity index (χ1n) is 4.89. The number of alkyl halides is 5. The van der Waals surface area contributed by atoms with Crippen LogP contribution in [-0.2, 0) is 0 Å². The summed E-state index contributed by atoms with van der Waals surface area (Å²) < 4.78 is 64.8. The zero-order valence-electron chi connectivity index (χ0n) is 9.42. The fourth-order valence-electron chi connectivity index (χ4n) is 1.44. The van der Waals surface area contributed by atoms with E-state index in [4.69, 9.17) is 0 Å². The topological polar surface area (TPSA) is 42.4 Å². The molecule has 3 nitrogen and oxygen atoms in total. The van der Waals surface area contributed by atoms with E-state index in [1.807, 2.05) is 0 Å². The minimum absolute atomic E-state index is 0.349. The molecule has 0 fully saturated rings. The SMILES string of the molecule is CC(C)c1c(OC(F)(F)F)cnc(C(F)F)c1O. The van der Waals surface area contributed by atoms with Crippen molar-refractivity contribution in [2.45, 2.75) is 32.6 Å². The van der Waals surface area contributed by atoms with Crippen LogP contribution < -0.4 is 4.74 Å². The van der Waals surface area contributed by atoms with E-state index in [2.05, 4.69) is 9.72 Å². The molecule has 0 saturated heterocycles. The van der Waals surface area contributed by atoms with Crippen LogP contribution in [0.3, 0.4) is 0 Å². The van der Waals surface area contributed by atoms with Gasteiger partial charge in [-0.05, 0) is 5.92 Å². The quantitative estimate of drug-likeness (QED) is 0.851. The van der Waals surface area contributed by atoms with Crippen molar-refractivity contribution in [2.75, 3.05) is 0 Å². The maximum absolute atomic E-state index is 12.5. The Hall–Kier alpha value is -1.60. The maximum Gasteiger partial charge on any atom is 0.573 e. The number of nitrogens with zero attached hydrogens (tertiary/aromatic N) is 1. The van der Waals surface area contributed by atoms with Crippen LogP contribution in [0.4, 0.5) is 22.0 Å². The number of hydrogen-bond donors (Lipinski definition) is 1. The highest BCUT2D eigenvalue weighted by atomic mass is 19.4. The van der Waals surface area contributed by atoms with Gasteiger partial charge in [-0.2, -0.15) is 0 Å². The highest BCUT2D eigenvalue weighted by Crippen LogP contribution is 2.40. The summed E-state index contributed by atoms with van der Waals surface area (Å²) in [5.74, 6) is -2.39. The van der Waals surface area contributed by atoms with Gasteiger partial charge in [0.1, 0.15) is 11.4 Å². The van der Waals surface area contributed by atoms with Crippen molar-refractivity contribution < 1.29 is 31.8 Å². The van der Waals surface area contributed by atoms with Crippen LogP contribution >= 0.6 is 0 Å². The van der Waals surface area contributed by atoms with Crippen molar-refractivity contribution in [2.24, 2.45) is 0 Å². The molecular formula is C10H10F5NO2. The predicted octanol–water partition coefficient (Wildman–Crippen LogP) is 3.75. The molecular weight excluding hydrogens is 261 g/mol. The number of ether oxygens (including phenoxy) is 1. The van der Waals surface area contributed by atoms with Gasteiger partial charge in [-0.3, -0.25) is 0 Å². The maximum atomic E-state index is 12.5. The molecule has 1 aromatic rings. The van der Waals surface area contributed by atoms with Gasteiger partial charge in [0, 0.05) is 5.56 Å². The molecule has 0 aromatic carbocycles. The third kappa shape index (κ3) is 3.21. The van der Waals surface area contributed by atoms with Crippen LogP contribution in [0.2, 0.25) is 0 Å². The molecule has 0 bridgehead atoms. The summed E-state index contributed by atoms with van der Waals surface area (Å²) in [6.07, 6.45) is -7.53. The number of pyridine rings is 1. The van der Waals surface area contributed by atoms with Crippen LogP contribution in [0.15, 0.2) is 6.20 Å². The fraction of sp³-hybridized carbons (Fsp3) is 0.500. The summed E-state index contributed by atoms with van der Waals surface area (Å²) in [7, 11) is 0. The van der Waals surface area contributed by atoms with Crippen LogP contribution in [0.5, 0.6) is 11.5 Å². The third-order valence-electron chi connectivity index (χ3n) is 2.09. The van der Waals surface area contributed by atoms with E-state index in [0.29, 0.717) is 6.20 Å². The van der Waals surface area contributed by atoms with Gasteiger partial charge in [0.25, 0.3) is 6.43 Å². The average molecular weight is 271 g/mol. The van der Waals surface area contributed by atoms with Crippen LogP contribution in [0.1, 0.15) is 37.4 Å². The van der Waals surface area contributed by atoms with Crippen molar-refractivity contribution in [3.63, 3.8) is 0 Å². The number of aromatic nitrogens is 1. The molecule has 1 N–H and O–H groups in total. The minimum atomic E-state index is -4.98. The summed E-state index contributed by atoms with van der Waals surface area (Å²) in [5.41, 5.74) is -1.31. The Bertz CT molecular complexity index is 431. The zero-order chi connectivity index (χ0) is 14.1. The lowest BCUT2D eigenvalue weighted by molar-refractivity contribution is -0.275. The third-order valence-corrected chi connectivity index (χ3v) is 2.09. The molecule has 18 heavy (non-hydrogen) atoms. The summed E-state index contributed by atoms with van der Waals surface area (Å²) >= 11 is 0. The second-order valence-corrected chi connectivity index (χ2v) is 3.77. The first kappa shape index (κ1) is 14.5. The lowest BCUT2D eigenvalue weighted by Crippen LogP contribution is -2.19. The van der Waals surface area contributed by atoms with E-state index < -0.39 is 35.9 Å². The number of halogens is 5. The number of aromatic hydroxyl groups is 1. The lowest BCUT2D eigenvalue weighted by atomic mass is 10.0. The van der Waals surface area contributed by atoms with E-state index in [9.17, 15) is 27.1 Å². The zero-order valence-corrected chi connectivity index (χ0v) is 9.42. The number of hydrogen-bond acceptors (Lipinski definition) is 3. The van der Waals surface area contributed by atoms with E-state index in [-0.39, 0.29) is 5.56 Å². The summed E-state index contributed by atoms with van der Waals surface area (Å²) in [5, 5.41) is 9.52. The van der Waals surface area contributed by atoms with Crippen LogP contribution in [0, 0.1) is 0 Å². The Kier molecular flexibility index (Phi) is 3.98. The van der Waals surface area contributed by atoms with E-state index in [1.165, 1.54) is 13.8 Å². The molecule has 8 heteroatoms. The molecule has 1 rings (SSSR count). The smallest absolute Gasteiger partial charge is 0.505 e. The standard InChI is InChI=1S/C10H10F5NO2/c1-4(2)6-5(18-10(13,14)15)3-16-7(8(6)17)9(11)12/h3-4,9,17H,1-2H3. The van der Waals surface area contributed by atoms with E-state index in [1.54, 1.807) is 0 Å². The summed E-state index contributed by atoms with van der Waals surface area (Å²) in [4.78, 5) is 3.08. The molecule has 0 aliphatic rings. The van der Waals surface area contributed by atoms with Gasteiger partial charge in [-0.15, -0.1) is 13.2 Å². The van der Waals surface area contributed by atoms with Crippen molar-refractivity contribution >= 4 is 0 Å². The highest BCUT2D eigenvalue weighted by molar-refractivity contribution is 5.47.